The number of imidazole rings is 1. The van der Waals surface area contributed by atoms with Crippen LogP contribution in [0.15, 0.2) is 12.4 Å². The SMILES string of the molecule is Cc1nccn1C[C@H](C)CNC(=O)NC[C@@]1(C)CCCS1. The first-order valence-electron chi connectivity index (χ1n) is 7.62. The minimum Gasteiger partial charge on any atom is -0.338 e. The lowest BCUT2D eigenvalue weighted by Gasteiger charge is -2.23. The van der Waals surface area contributed by atoms with Crippen molar-refractivity contribution in [3.05, 3.63) is 18.2 Å². The molecule has 2 atom stereocenters. The summed E-state index contributed by atoms with van der Waals surface area (Å²) in [6, 6.07) is -0.0575. The molecule has 5 nitrogen and oxygen atoms in total. The van der Waals surface area contributed by atoms with Crippen LogP contribution in [0.5, 0.6) is 0 Å². The van der Waals surface area contributed by atoms with E-state index in [4.69, 9.17) is 0 Å². The summed E-state index contributed by atoms with van der Waals surface area (Å²) in [4.78, 5) is 16.1. The van der Waals surface area contributed by atoms with Gasteiger partial charge in [0.05, 0.1) is 0 Å². The number of aryl methyl sites for hydroxylation is 1. The van der Waals surface area contributed by atoms with E-state index in [2.05, 4.69) is 34.0 Å². The summed E-state index contributed by atoms with van der Waals surface area (Å²) in [5.41, 5.74) is 0. The first-order valence-corrected chi connectivity index (χ1v) is 8.60. The Bertz CT molecular complexity index is 468. The van der Waals surface area contributed by atoms with E-state index >= 15 is 0 Å². The number of nitrogens with zero attached hydrogens (tertiary/aromatic N) is 2. The number of aromatic nitrogens is 2. The number of hydrogen-bond acceptors (Lipinski definition) is 3. The number of carbonyl (C=O) groups is 1. The molecule has 1 aliphatic rings. The van der Waals surface area contributed by atoms with Crippen LogP contribution in [0, 0.1) is 12.8 Å². The zero-order valence-electron chi connectivity index (χ0n) is 13.2. The quantitative estimate of drug-likeness (QED) is 0.848. The molecule has 0 unspecified atom stereocenters. The Morgan fingerprint density at radius 2 is 2.38 bits per heavy atom. The second-order valence-electron chi connectivity index (χ2n) is 6.20. The number of rotatable bonds is 6. The minimum absolute atomic E-state index is 0.0575. The second kappa shape index (κ2) is 7.20. The molecule has 1 aliphatic heterocycles. The summed E-state index contributed by atoms with van der Waals surface area (Å²) in [5, 5.41) is 5.96. The molecule has 1 aromatic rings. The predicted molar refractivity (Wildman–Crippen MR) is 87.6 cm³/mol. The van der Waals surface area contributed by atoms with Crippen molar-refractivity contribution in [1.29, 1.82) is 0 Å². The van der Waals surface area contributed by atoms with Gasteiger partial charge in [0, 0.05) is 36.8 Å². The number of amides is 2. The van der Waals surface area contributed by atoms with E-state index in [9.17, 15) is 4.79 Å². The molecule has 0 spiro atoms. The van der Waals surface area contributed by atoms with E-state index in [0.29, 0.717) is 12.5 Å². The molecule has 1 fully saturated rings. The van der Waals surface area contributed by atoms with Gasteiger partial charge in [0.15, 0.2) is 0 Å². The maximum Gasteiger partial charge on any atom is 0.314 e. The lowest BCUT2D eigenvalue weighted by Crippen LogP contribution is -2.43. The van der Waals surface area contributed by atoms with Gasteiger partial charge in [-0.2, -0.15) is 11.8 Å². The van der Waals surface area contributed by atoms with Gasteiger partial charge in [0.1, 0.15) is 5.82 Å². The molecule has 2 rings (SSSR count). The molecule has 2 N–H and O–H groups in total. The lowest BCUT2D eigenvalue weighted by molar-refractivity contribution is 0.237. The van der Waals surface area contributed by atoms with Crippen LogP contribution >= 0.6 is 11.8 Å². The molecule has 0 aliphatic carbocycles. The summed E-state index contributed by atoms with van der Waals surface area (Å²) in [6.07, 6.45) is 6.23. The Labute approximate surface area is 131 Å². The highest BCUT2D eigenvalue weighted by atomic mass is 32.2. The number of nitrogens with one attached hydrogen (secondary N) is 2. The Morgan fingerprint density at radius 1 is 1.57 bits per heavy atom. The number of hydrogen-bond donors (Lipinski definition) is 2. The van der Waals surface area contributed by atoms with Crippen molar-refractivity contribution >= 4 is 17.8 Å². The highest BCUT2D eigenvalue weighted by Crippen LogP contribution is 2.36. The molecule has 1 saturated heterocycles. The third kappa shape index (κ3) is 4.95. The predicted octanol–water partition coefficient (Wildman–Crippen LogP) is 2.41. The first kappa shape index (κ1) is 16.2. The third-order valence-electron chi connectivity index (χ3n) is 3.97. The smallest absolute Gasteiger partial charge is 0.314 e. The van der Waals surface area contributed by atoms with Crippen molar-refractivity contribution in [3.8, 4) is 0 Å². The van der Waals surface area contributed by atoms with Crippen molar-refractivity contribution in [2.45, 2.75) is 44.9 Å². The second-order valence-corrected chi connectivity index (χ2v) is 7.88. The van der Waals surface area contributed by atoms with Crippen LogP contribution in [0.1, 0.15) is 32.5 Å². The van der Waals surface area contributed by atoms with Gasteiger partial charge < -0.3 is 15.2 Å². The van der Waals surface area contributed by atoms with Gasteiger partial charge in [-0.05, 0) is 38.4 Å². The summed E-state index contributed by atoms with van der Waals surface area (Å²) >= 11 is 1.96. The molecule has 0 radical (unpaired) electrons. The van der Waals surface area contributed by atoms with E-state index < -0.39 is 0 Å². The summed E-state index contributed by atoms with van der Waals surface area (Å²) in [7, 11) is 0. The fourth-order valence-corrected chi connectivity index (χ4v) is 3.81. The topological polar surface area (TPSA) is 59.0 Å². The molecule has 2 heterocycles. The van der Waals surface area contributed by atoms with E-state index in [1.165, 1.54) is 18.6 Å². The highest BCUT2D eigenvalue weighted by Gasteiger charge is 2.29. The Hall–Kier alpha value is -1.17. The van der Waals surface area contributed by atoms with Crippen molar-refractivity contribution < 1.29 is 4.79 Å². The Kier molecular flexibility index (Phi) is 5.56. The van der Waals surface area contributed by atoms with Gasteiger partial charge >= 0.3 is 6.03 Å². The van der Waals surface area contributed by atoms with Crippen LogP contribution in [0.4, 0.5) is 4.79 Å². The summed E-state index contributed by atoms with van der Waals surface area (Å²) in [5.74, 6) is 2.60. The van der Waals surface area contributed by atoms with Crippen LogP contribution < -0.4 is 10.6 Å². The number of urea groups is 1. The molecule has 2 amide bonds. The van der Waals surface area contributed by atoms with Gasteiger partial charge in [0.25, 0.3) is 0 Å². The molecular formula is C15H26N4OS. The van der Waals surface area contributed by atoms with E-state index in [1.54, 1.807) is 0 Å². The van der Waals surface area contributed by atoms with Crippen molar-refractivity contribution in [1.82, 2.24) is 20.2 Å². The van der Waals surface area contributed by atoms with E-state index in [0.717, 1.165) is 18.9 Å². The fourth-order valence-electron chi connectivity index (χ4n) is 2.57. The summed E-state index contributed by atoms with van der Waals surface area (Å²) in [6.45, 7) is 8.65. The maximum atomic E-state index is 11.9. The molecule has 118 valence electrons. The molecule has 21 heavy (non-hydrogen) atoms. The number of carbonyl (C=O) groups excluding carboxylic acids is 1. The van der Waals surface area contributed by atoms with Gasteiger partial charge in [-0.25, -0.2) is 9.78 Å². The van der Waals surface area contributed by atoms with Crippen molar-refractivity contribution in [2.75, 3.05) is 18.8 Å². The van der Waals surface area contributed by atoms with Gasteiger partial charge in [0.2, 0.25) is 0 Å². The molecular weight excluding hydrogens is 284 g/mol. The Morgan fingerprint density at radius 3 is 3.00 bits per heavy atom. The minimum atomic E-state index is -0.0575. The van der Waals surface area contributed by atoms with Crippen LogP contribution in [0.3, 0.4) is 0 Å². The van der Waals surface area contributed by atoms with Gasteiger partial charge in [-0.15, -0.1) is 0 Å². The van der Waals surface area contributed by atoms with Crippen LogP contribution in [-0.4, -0.2) is 39.2 Å². The number of thioether (sulfide) groups is 1. The van der Waals surface area contributed by atoms with Crippen molar-refractivity contribution in [3.63, 3.8) is 0 Å². The maximum absolute atomic E-state index is 11.9. The standard InChI is InChI=1S/C15H26N4OS/c1-12(10-19-7-6-16-13(19)2)9-17-14(20)18-11-15(3)5-4-8-21-15/h6-7,12H,4-5,8-11H2,1-3H3,(H2,17,18,20)/t12-,15-/m1/s1. The first-order chi connectivity index (χ1) is 9.98. The largest absolute Gasteiger partial charge is 0.338 e. The lowest BCUT2D eigenvalue weighted by atomic mass is 10.1. The average molecular weight is 310 g/mol. The van der Waals surface area contributed by atoms with Crippen LogP contribution in [0.25, 0.3) is 0 Å². The average Bonchev–Trinajstić information content (AvgIpc) is 3.05. The summed E-state index contributed by atoms with van der Waals surface area (Å²) < 4.78 is 2.33. The fraction of sp³-hybridized carbons (Fsp3) is 0.733. The molecule has 0 saturated carbocycles. The molecule has 1 aromatic heterocycles. The van der Waals surface area contributed by atoms with Crippen LogP contribution in [0.2, 0.25) is 0 Å². The normalized spacial score (nSPS) is 23.0. The zero-order chi connectivity index (χ0) is 15.3. The monoisotopic (exact) mass is 310 g/mol. The van der Waals surface area contributed by atoms with E-state index in [-0.39, 0.29) is 10.8 Å². The third-order valence-corrected chi connectivity index (χ3v) is 5.50. The highest BCUT2D eigenvalue weighted by molar-refractivity contribution is 8.00. The molecule has 0 bridgehead atoms. The Balaban J connectivity index is 1.65. The van der Waals surface area contributed by atoms with E-state index in [1.807, 2.05) is 31.1 Å². The molecule has 6 heteroatoms. The van der Waals surface area contributed by atoms with Crippen molar-refractivity contribution in [2.24, 2.45) is 5.92 Å². The van der Waals surface area contributed by atoms with Gasteiger partial charge in [-0.3, -0.25) is 0 Å². The van der Waals surface area contributed by atoms with Crippen LogP contribution in [-0.2, 0) is 6.54 Å². The molecule has 0 aromatic carbocycles. The van der Waals surface area contributed by atoms with Gasteiger partial charge in [-0.1, -0.05) is 6.92 Å². The zero-order valence-corrected chi connectivity index (χ0v) is 14.0.